The smallest absolute Gasteiger partial charge is 0.270 e. The van der Waals surface area contributed by atoms with Crippen LogP contribution in [0.5, 0.6) is 0 Å². The second kappa shape index (κ2) is 16.4. The van der Waals surface area contributed by atoms with E-state index in [1.165, 1.54) is 0 Å². The summed E-state index contributed by atoms with van der Waals surface area (Å²) < 4.78 is 9.40. The minimum absolute atomic E-state index is 0.0848. The summed E-state index contributed by atoms with van der Waals surface area (Å²) in [5.41, 5.74) is 5.27. The van der Waals surface area contributed by atoms with Crippen molar-refractivity contribution in [3.05, 3.63) is 53.6 Å². The van der Waals surface area contributed by atoms with E-state index in [0.29, 0.717) is 37.2 Å². The number of nitrogens with zero attached hydrogens (tertiary/aromatic N) is 4. The molecule has 9 nitrogen and oxygen atoms in total. The highest BCUT2D eigenvalue weighted by Crippen LogP contribution is 2.32. The molecule has 1 aliphatic carbocycles. The van der Waals surface area contributed by atoms with Gasteiger partial charge in [-0.2, -0.15) is 33.7 Å². The van der Waals surface area contributed by atoms with Gasteiger partial charge in [0.05, 0.1) is 12.3 Å². The normalized spacial score (nSPS) is 17.5. The predicted octanol–water partition coefficient (Wildman–Crippen LogP) is 6.02. The average Bonchev–Trinajstić information content (AvgIpc) is 3.58. The second-order valence-electron chi connectivity index (χ2n) is 11.4. The molecule has 2 N–H and O–H groups in total. The molecule has 43 heavy (non-hydrogen) atoms. The van der Waals surface area contributed by atoms with E-state index in [2.05, 4.69) is 47.2 Å². The quantitative estimate of drug-likeness (QED) is 0.199. The fraction of sp³-hybridized carbons (Fsp3) is 0.562. The molecule has 11 heteroatoms. The minimum Gasteiger partial charge on any atom is -0.358 e. The van der Waals surface area contributed by atoms with Crippen molar-refractivity contribution in [3.63, 3.8) is 0 Å². The molecule has 0 aliphatic heterocycles. The molecule has 4 rings (SSSR count). The maximum Gasteiger partial charge on any atom is 0.270 e. The molecule has 0 saturated heterocycles. The lowest BCUT2D eigenvalue weighted by atomic mass is 9.79. The Kier molecular flexibility index (Phi) is 12.6. The first-order valence-corrected chi connectivity index (χ1v) is 17.9. The van der Waals surface area contributed by atoms with Crippen molar-refractivity contribution in [1.29, 1.82) is 0 Å². The van der Waals surface area contributed by atoms with Gasteiger partial charge in [-0.3, -0.25) is 14.3 Å². The summed E-state index contributed by atoms with van der Waals surface area (Å²) >= 11 is 3.53. The monoisotopic (exact) mass is 626 g/mol. The fourth-order valence-corrected chi connectivity index (χ4v) is 6.47. The Bertz CT molecular complexity index is 1330. The molecule has 2 heterocycles. The molecule has 0 unspecified atom stereocenters. The van der Waals surface area contributed by atoms with Gasteiger partial charge in [0.2, 0.25) is 5.91 Å². The SMILES string of the molecule is CSCCCn1nccc1C(=O)N[C@H](C(=O)Nc1ccc(-c2c(C)nn(COCCSC)c2C)cc1)C1CCC(C)CC1. The van der Waals surface area contributed by atoms with Gasteiger partial charge in [0, 0.05) is 35.4 Å². The standard InChI is InChI=1S/C32H46N6O3S2/c1-22-7-9-26(10-8-22)30(35-31(39)28-15-16-33-37(28)17-6-19-42-4)32(40)34-27-13-11-25(12-14-27)29-23(2)36-38(24(29)3)21-41-18-20-43-5/h11-16,22,26,30H,6-10,17-21H2,1-5H3,(H,34,40)(H,35,39)/t22?,26?,30-/m0/s1. The highest BCUT2D eigenvalue weighted by Gasteiger charge is 2.33. The lowest BCUT2D eigenvalue weighted by molar-refractivity contribution is -0.119. The molecule has 1 fully saturated rings. The van der Waals surface area contributed by atoms with E-state index in [9.17, 15) is 9.59 Å². The minimum atomic E-state index is -0.622. The largest absolute Gasteiger partial charge is 0.358 e. The van der Waals surface area contributed by atoms with Crippen molar-refractivity contribution < 1.29 is 14.3 Å². The van der Waals surface area contributed by atoms with Crippen molar-refractivity contribution in [2.24, 2.45) is 11.8 Å². The van der Waals surface area contributed by atoms with Gasteiger partial charge < -0.3 is 15.4 Å². The first-order chi connectivity index (χ1) is 20.8. The Labute approximate surface area is 264 Å². The molecule has 0 spiro atoms. The van der Waals surface area contributed by atoms with Gasteiger partial charge in [-0.1, -0.05) is 31.9 Å². The Hall–Kier alpha value is -2.76. The highest BCUT2D eigenvalue weighted by molar-refractivity contribution is 7.98. The third kappa shape index (κ3) is 8.89. The number of hydrogen-bond donors (Lipinski definition) is 2. The summed E-state index contributed by atoms with van der Waals surface area (Å²) in [4.78, 5) is 27.2. The van der Waals surface area contributed by atoms with Crippen molar-refractivity contribution >= 4 is 41.0 Å². The Morgan fingerprint density at radius 1 is 1.02 bits per heavy atom. The van der Waals surface area contributed by atoms with Gasteiger partial charge in [-0.25, -0.2) is 4.68 Å². The number of carbonyl (C=O) groups excluding carboxylic acids is 2. The van der Waals surface area contributed by atoms with Crippen LogP contribution in [0.15, 0.2) is 36.5 Å². The number of thioether (sulfide) groups is 2. The number of amides is 2. The van der Waals surface area contributed by atoms with Crippen molar-refractivity contribution in [1.82, 2.24) is 24.9 Å². The molecule has 1 aliphatic rings. The average molecular weight is 627 g/mol. The van der Waals surface area contributed by atoms with E-state index in [1.54, 1.807) is 40.5 Å². The topological polar surface area (TPSA) is 103 Å². The van der Waals surface area contributed by atoms with Gasteiger partial charge in [-0.15, -0.1) is 0 Å². The van der Waals surface area contributed by atoms with E-state index in [0.717, 1.165) is 66.1 Å². The molecule has 2 aromatic heterocycles. The molecule has 1 saturated carbocycles. The lowest BCUT2D eigenvalue weighted by Crippen LogP contribution is -2.49. The Morgan fingerprint density at radius 2 is 1.74 bits per heavy atom. The lowest BCUT2D eigenvalue weighted by Gasteiger charge is -2.32. The molecule has 1 aromatic carbocycles. The number of aryl methyl sites for hydroxylation is 2. The summed E-state index contributed by atoms with van der Waals surface area (Å²) in [5.74, 6) is 2.24. The second-order valence-corrected chi connectivity index (χ2v) is 13.4. The van der Waals surface area contributed by atoms with Crippen molar-refractivity contribution in [3.8, 4) is 11.1 Å². The van der Waals surface area contributed by atoms with Crippen LogP contribution < -0.4 is 10.6 Å². The summed E-state index contributed by atoms with van der Waals surface area (Å²) in [6.07, 6.45) is 10.6. The van der Waals surface area contributed by atoms with Gasteiger partial charge in [0.1, 0.15) is 18.5 Å². The number of benzene rings is 1. The molecule has 0 radical (unpaired) electrons. The number of anilines is 1. The van der Waals surface area contributed by atoms with Gasteiger partial charge in [-0.05, 0) is 87.0 Å². The van der Waals surface area contributed by atoms with Gasteiger partial charge in [0.25, 0.3) is 5.91 Å². The molecule has 0 bridgehead atoms. The first kappa shape index (κ1) is 33.1. The maximum absolute atomic E-state index is 13.7. The van der Waals surface area contributed by atoms with Crippen LogP contribution >= 0.6 is 23.5 Å². The van der Waals surface area contributed by atoms with E-state index >= 15 is 0 Å². The molecule has 234 valence electrons. The Balaban J connectivity index is 1.46. The van der Waals surface area contributed by atoms with Crippen LogP contribution in [0, 0.1) is 25.7 Å². The first-order valence-electron chi connectivity index (χ1n) is 15.2. The van der Waals surface area contributed by atoms with Crippen LogP contribution in [0.3, 0.4) is 0 Å². The number of nitrogens with one attached hydrogen (secondary N) is 2. The predicted molar refractivity (Wildman–Crippen MR) is 178 cm³/mol. The molecule has 1 atom stereocenters. The molecular weight excluding hydrogens is 581 g/mol. The van der Waals surface area contributed by atoms with Crippen molar-refractivity contribution in [2.45, 2.75) is 72.2 Å². The summed E-state index contributed by atoms with van der Waals surface area (Å²) in [5, 5.41) is 15.2. The van der Waals surface area contributed by atoms with E-state index in [4.69, 9.17) is 4.74 Å². The van der Waals surface area contributed by atoms with E-state index < -0.39 is 6.04 Å². The Morgan fingerprint density at radius 3 is 2.44 bits per heavy atom. The molecular formula is C32H46N6O3S2. The van der Waals surface area contributed by atoms with Crippen LogP contribution in [0.2, 0.25) is 0 Å². The number of aromatic nitrogens is 4. The van der Waals surface area contributed by atoms with E-state index in [-0.39, 0.29) is 17.7 Å². The zero-order valence-corrected chi connectivity index (χ0v) is 27.7. The van der Waals surface area contributed by atoms with Crippen LogP contribution in [-0.2, 0) is 22.8 Å². The van der Waals surface area contributed by atoms with Crippen molar-refractivity contribution in [2.75, 3.05) is 35.9 Å². The highest BCUT2D eigenvalue weighted by atomic mass is 32.2. The third-order valence-electron chi connectivity index (χ3n) is 8.24. The number of hydrogen-bond acceptors (Lipinski definition) is 7. The van der Waals surface area contributed by atoms with Gasteiger partial charge in [0.15, 0.2) is 0 Å². The van der Waals surface area contributed by atoms with Crippen LogP contribution in [0.1, 0.15) is 60.9 Å². The van der Waals surface area contributed by atoms with Gasteiger partial charge >= 0.3 is 0 Å². The number of carbonyl (C=O) groups is 2. The fourth-order valence-electron chi connectivity index (χ4n) is 5.77. The maximum atomic E-state index is 13.7. The zero-order valence-electron chi connectivity index (χ0n) is 26.1. The number of rotatable bonds is 15. The van der Waals surface area contributed by atoms with E-state index in [1.807, 2.05) is 35.9 Å². The third-order valence-corrected chi connectivity index (χ3v) is 9.51. The zero-order chi connectivity index (χ0) is 30.8. The summed E-state index contributed by atoms with van der Waals surface area (Å²) in [6.45, 7) is 8.09. The number of ether oxygens (including phenoxy) is 1. The summed E-state index contributed by atoms with van der Waals surface area (Å²) in [7, 11) is 0. The summed E-state index contributed by atoms with van der Waals surface area (Å²) in [6, 6.07) is 8.96. The molecule has 2 amide bonds. The molecule has 3 aromatic rings. The van der Waals surface area contributed by atoms with Crippen LogP contribution in [0.25, 0.3) is 11.1 Å². The van der Waals surface area contributed by atoms with Crippen LogP contribution in [0.4, 0.5) is 5.69 Å². The van der Waals surface area contributed by atoms with Crippen LogP contribution in [-0.4, -0.2) is 68.0 Å².